The molecule has 0 unspecified atom stereocenters. The van der Waals surface area contributed by atoms with Crippen molar-refractivity contribution < 1.29 is 19.1 Å². The van der Waals surface area contributed by atoms with Crippen LogP contribution in [0.3, 0.4) is 0 Å². The third-order valence-electron chi connectivity index (χ3n) is 4.92. The normalized spacial score (nSPS) is 10.5. The average molecular weight is 428 g/mol. The van der Waals surface area contributed by atoms with Crippen LogP contribution in [0.2, 0.25) is 0 Å². The number of amides is 3. The fourth-order valence-corrected chi connectivity index (χ4v) is 3.27. The summed E-state index contributed by atoms with van der Waals surface area (Å²) in [5, 5.41) is 0.798. The number of carbonyl (C=O) groups excluding carboxylic acids is 3. The van der Waals surface area contributed by atoms with E-state index in [1.807, 2.05) is 35.9 Å². The van der Waals surface area contributed by atoms with Crippen LogP contribution in [-0.2, 0) is 7.05 Å². The molecule has 3 aromatic carbocycles. The zero-order valence-electron chi connectivity index (χ0n) is 17.2. The minimum atomic E-state index is -0.514. The lowest BCUT2D eigenvalue weighted by molar-refractivity contribution is 0.0847. The molecule has 4 rings (SSSR count). The molecule has 0 atom stereocenters. The minimum Gasteiger partial charge on any atom is -0.457 e. The third kappa shape index (κ3) is 4.29. The molecule has 0 fully saturated rings. The first-order chi connectivity index (χ1) is 15.4. The van der Waals surface area contributed by atoms with E-state index in [9.17, 15) is 14.4 Å². The van der Waals surface area contributed by atoms with Crippen molar-refractivity contribution in [3.63, 3.8) is 0 Å². The average Bonchev–Trinajstić information content (AvgIpc) is 3.15. The fourth-order valence-electron chi connectivity index (χ4n) is 3.27. The molecule has 4 N–H and O–H groups in total. The highest BCUT2D eigenvalue weighted by molar-refractivity contribution is 6.08. The molecule has 0 spiro atoms. The Morgan fingerprint density at radius 2 is 1.34 bits per heavy atom. The number of benzene rings is 3. The van der Waals surface area contributed by atoms with Crippen LogP contribution in [0.25, 0.3) is 10.9 Å². The largest absolute Gasteiger partial charge is 0.457 e. The fraction of sp³-hybridized carbons (Fsp3) is 0.0417. The van der Waals surface area contributed by atoms with E-state index in [0.29, 0.717) is 28.2 Å². The second-order valence-electron chi connectivity index (χ2n) is 7.09. The molecule has 3 amide bonds. The maximum absolute atomic E-state index is 12.5. The highest BCUT2D eigenvalue weighted by Gasteiger charge is 2.15. The molecule has 0 radical (unpaired) electrons. The van der Waals surface area contributed by atoms with E-state index in [1.54, 1.807) is 54.7 Å². The Morgan fingerprint density at radius 1 is 0.781 bits per heavy atom. The highest BCUT2D eigenvalue weighted by Crippen LogP contribution is 2.22. The van der Waals surface area contributed by atoms with Gasteiger partial charge in [-0.2, -0.15) is 0 Å². The molecule has 8 heteroatoms. The predicted octanol–water partition coefficient (Wildman–Crippen LogP) is 3.14. The van der Waals surface area contributed by atoms with Gasteiger partial charge in [-0.1, -0.05) is 18.2 Å². The van der Waals surface area contributed by atoms with Crippen molar-refractivity contribution in [2.45, 2.75) is 0 Å². The van der Waals surface area contributed by atoms with Crippen LogP contribution in [-0.4, -0.2) is 22.3 Å². The van der Waals surface area contributed by atoms with Crippen LogP contribution >= 0.6 is 0 Å². The summed E-state index contributed by atoms with van der Waals surface area (Å²) in [5.74, 6) is -0.354. The molecule has 8 nitrogen and oxygen atoms in total. The van der Waals surface area contributed by atoms with E-state index >= 15 is 0 Å². The van der Waals surface area contributed by atoms with Gasteiger partial charge in [0.05, 0.1) is 5.56 Å². The van der Waals surface area contributed by atoms with Crippen molar-refractivity contribution >= 4 is 28.6 Å². The van der Waals surface area contributed by atoms with Crippen molar-refractivity contribution in [3.8, 4) is 11.5 Å². The predicted molar refractivity (Wildman–Crippen MR) is 119 cm³/mol. The molecule has 0 bridgehead atoms. The van der Waals surface area contributed by atoms with E-state index in [4.69, 9.17) is 10.5 Å². The number of ether oxygens (including phenoxy) is 1. The van der Waals surface area contributed by atoms with Crippen LogP contribution in [0.4, 0.5) is 0 Å². The van der Waals surface area contributed by atoms with Crippen LogP contribution in [0.1, 0.15) is 31.1 Å². The van der Waals surface area contributed by atoms with Gasteiger partial charge >= 0.3 is 0 Å². The highest BCUT2D eigenvalue weighted by atomic mass is 16.5. The SMILES string of the molecule is Cn1cc(C(=O)NNC(=O)c2ccc(Oc3ccc(C(N)=O)cc3)cc2)c2ccccc21. The summed E-state index contributed by atoms with van der Waals surface area (Å²) in [6.45, 7) is 0. The Morgan fingerprint density at radius 3 is 1.97 bits per heavy atom. The van der Waals surface area contributed by atoms with Gasteiger partial charge in [0.1, 0.15) is 11.5 Å². The number of aryl methyl sites for hydroxylation is 1. The molecule has 0 aliphatic heterocycles. The second kappa shape index (κ2) is 8.65. The number of nitrogens with zero attached hydrogens (tertiary/aromatic N) is 1. The lowest BCUT2D eigenvalue weighted by atomic mass is 10.2. The Bertz CT molecular complexity index is 1310. The third-order valence-corrected chi connectivity index (χ3v) is 4.92. The lowest BCUT2D eigenvalue weighted by Gasteiger charge is -2.09. The summed E-state index contributed by atoms with van der Waals surface area (Å²) in [5.41, 5.74) is 12.2. The van der Waals surface area contributed by atoms with Crippen LogP contribution in [0, 0.1) is 0 Å². The van der Waals surface area contributed by atoms with Crippen LogP contribution in [0.5, 0.6) is 11.5 Å². The number of rotatable bonds is 5. The number of hydrazine groups is 1. The van der Waals surface area contributed by atoms with Gasteiger partial charge in [0.15, 0.2) is 0 Å². The van der Waals surface area contributed by atoms with Crippen molar-refractivity contribution in [2.24, 2.45) is 12.8 Å². The van der Waals surface area contributed by atoms with Gasteiger partial charge in [-0.05, 0) is 54.6 Å². The molecule has 160 valence electrons. The van der Waals surface area contributed by atoms with Gasteiger partial charge in [0.25, 0.3) is 11.8 Å². The Kier molecular flexibility index (Phi) is 5.59. The van der Waals surface area contributed by atoms with E-state index in [2.05, 4.69) is 10.9 Å². The van der Waals surface area contributed by atoms with Crippen LogP contribution in [0.15, 0.2) is 79.0 Å². The molecule has 4 aromatic rings. The molecule has 0 saturated carbocycles. The van der Waals surface area contributed by atoms with Crippen LogP contribution < -0.4 is 21.3 Å². The van der Waals surface area contributed by atoms with E-state index in [0.717, 1.165) is 10.9 Å². The number of hydrogen-bond donors (Lipinski definition) is 3. The first-order valence-electron chi connectivity index (χ1n) is 9.75. The number of aromatic nitrogens is 1. The minimum absolute atomic E-state index is 0.347. The first-order valence-corrected chi connectivity index (χ1v) is 9.75. The van der Waals surface area contributed by atoms with Gasteiger partial charge in [0.2, 0.25) is 5.91 Å². The smallest absolute Gasteiger partial charge is 0.271 e. The zero-order chi connectivity index (χ0) is 22.7. The van der Waals surface area contributed by atoms with E-state index in [1.165, 1.54) is 0 Å². The van der Waals surface area contributed by atoms with Crippen molar-refractivity contribution in [2.75, 3.05) is 0 Å². The van der Waals surface area contributed by atoms with E-state index < -0.39 is 17.7 Å². The number of fused-ring (bicyclic) bond motifs is 1. The van der Waals surface area contributed by atoms with Gasteiger partial charge in [-0.15, -0.1) is 0 Å². The summed E-state index contributed by atoms with van der Waals surface area (Å²) in [7, 11) is 1.85. The number of nitrogens with one attached hydrogen (secondary N) is 2. The maximum atomic E-state index is 12.5. The number of para-hydroxylation sites is 1. The Labute approximate surface area is 183 Å². The Balaban J connectivity index is 1.37. The van der Waals surface area contributed by atoms with Gasteiger partial charge < -0.3 is 15.0 Å². The molecule has 0 saturated heterocycles. The molecule has 32 heavy (non-hydrogen) atoms. The summed E-state index contributed by atoms with van der Waals surface area (Å²) in [6, 6.07) is 20.3. The molecular formula is C24H20N4O4. The first kappa shape index (κ1) is 20.7. The monoisotopic (exact) mass is 428 g/mol. The molecule has 0 aliphatic carbocycles. The quantitative estimate of drug-likeness (QED) is 0.424. The molecular weight excluding hydrogens is 408 g/mol. The Hall–Kier alpha value is -4.59. The van der Waals surface area contributed by atoms with E-state index in [-0.39, 0.29) is 0 Å². The topological polar surface area (TPSA) is 115 Å². The van der Waals surface area contributed by atoms with Gasteiger partial charge in [-0.3, -0.25) is 25.2 Å². The summed E-state index contributed by atoms with van der Waals surface area (Å²) in [4.78, 5) is 36.1. The molecule has 1 heterocycles. The summed E-state index contributed by atoms with van der Waals surface area (Å²) < 4.78 is 7.54. The van der Waals surface area contributed by atoms with Gasteiger partial charge in [0, 0.05) is 35.3 Å². The standard InChI is InChI=1S/C24H20N4O4/c1-28-14-20(19-4-2-3-5-21(19)28)24(31)27-26-23(30)16-8-12-18(13-9-16)32-17-10-6-15(7-11-17)22(25)29/h2-14H,1H3,(H2,25,29)(H,26,30)(H,27,31). The zero-order valence-corrected chi connectivity index (χ0v) is 17.2. The summed E-state index contributed by atoms with van der Waals surface area (Å²) in [6.07, 6.45) is 1.72. The number of carbonyl (C=O) groups is 3. The van der Waals surface area contributed by atoms with Gasteiger partial charge in [-0.25, -0.2) is 0 Å². The molecule has 0 aliphatic rings. The van der Waals surface area contributed by atoms with Crippen molar-refractivity contribution in [1.29, 1.82) is 0 Å². The van der Waals surface area contributed by atoms with Crippen molar-refractivity contribution in [3.05, 3.63) is 95.7 Å². The molecule has 1 aromatic heterocycles. The van der Waals surface area contributed by atoms with Crippen molar-refractivity contribution in [1.82, 2.24) is 15.4 Å². The second-order valence-corrected chi connectivity index (χ2v) is 7.09. The number of nitrogens with two attached hydrogens (primary N) is 1. The lowest BCUT2D eigenvalue weighted by Crippen LogP contribution is -2.41. The number of hydrogen-bond acceptors (Lipinski definition) is 4. The summed E-state index contributed by atoms with van der Waals surface area (Å²) >= 11 is 0. The maximum Gasteiger partial charge on any atom is 0.271 e. The number of primary amides is 1.